The Labute approximate surface area is 151 Å². The summed E-state index contributed by atoms with van der Waals surface area (Å²) in [7, 11) is 0. The number of rotatable bonds is 11. The summed E-state index contributed by atoms with van der Waals surface area (Å²) in [5, 5.41) is 33.4. The number of nitrogens with one attached hydrogen (secondary N) is 3. The predicted octanol–water partition coefficient (Wildman–Crippen LogP) is -3.10. The van der Waals surface area contributed by atoms with Crippen LogP contribution in [-0.4, -0.2) is 76.4 Å². The quantitative estimate of drug-likeness (QED) is 0.197. The van der Waals surface area contributed by atoms with Gasteiger partial charge in [-0.05, 0) is 19.3 Å². The van der Waals surface area contributed by atoms with E-state index in [1.165, 1.54) is 6.92 Å². The third-order valence-electron chi connectivity index (χ3n) is 3.43. The first-order chi connectivity index (χ1) is 12.0. The summed E-state index contributed by atoms with van der Waals surface area (Å²) in [4.78, 5) is 46.6. The zero-order chi connectivity index (χ0) is 20.4. The molecule has 11 nitrogen and oxygen atoms in total. The van der Waals surface area contributed by atoms with Crippen molar-refractivity contribution < 1.29 is 34.5 Å². The molecular weight excluding hydrogens is 348 g/mol. The van der Waals surface area contributed by atoms with Crippen molar-refractivity contribution in [3.05, 3.63) is 0 Å². The molecule has 0 radical (unpaired) electrons. The normalized spacial score (nSPS) is 15.5. The van der Waals surface area contributed by atoms with Crippen LogP contribution in [0.3, 0.4) is 0 Å². The van der Waals surface area contributed by atoms with Crippen molar-refractivity contribution in [2.75, 3.05) is 13.2 Å². The molecule has 0 bridgehead atoms. The summed E-state index contributed by atoms with van der Waals surface area (Å²) in [6.07, 6.45) is 0.430. The Kier molecular flexibility index (Phi) is 10.4. The highest BCUT2D eigenvalue weighted by atomic mass is 16.4. The lowest BCUT2D eigenvalue weighted by atomic mass is 10.0. The van der Waals surface area contributed by atoms with Crippen LogP contribution in [0.2, 0.25) is 0 Å². The molecule has 3 amide bonds. The summed E-state index contributed by atoms with van der Waals surface area (Å²) in [6, 6.07) is -4.84. The molecule has 0 aliphatic heterocycles. The summed E-state index contributed by atoms with van der Waals surface area (Å²) >= 11 is 0. The average molecular weight is 376 g/mol. The first kappa shape index (κ1) is 23.8. The Morgan fingerprint density at radius 1 is 0.846 bits per heavy atom. The van der Waals surface area contributed by atoms with E-state index in [4.69, 9.17) is 15.9 Å². The first-order valence-electron chi connectivity index (χ1n) is 8.14. The van der Waals surface area contributed by atoms with Gasteiger partial charge in [-0.1, -0.05) is 13.8 Å². The van der Waals surface area contributed by atoms with Crippen LogP contribution in [0, 0.1) is 5.92 Å². The van der Waals surface area contributed by atoms with E-state index in [-0.39, 0.29) is 5.92 Å². The Balaban J connectivity index is 4.71. The van der Waals surface area contributed by atoms with Crippen molar-refractivity contribution in [1.29, 1.82) is 0 Å². The van der Waals surface area contributed by atoms with Gasteiger partial charge >= 0.3 is 5.97 Å². The van der Waals surface area contributed by atoms with Crippen molar-refractivity contribution in [1.82, 2.24) is 16.0 Å². The number of hydrogen-bond donors (Lipinski definition) is 7. The molecule has 0 aromatic carbocycles. The SMILES string of the molecule is CC(C)CC(N)C(=O)NC(C)C(=O)NC(CO)C(=O)NC(CO)C(=O)O. The van der Waals surface area contributed by atoms with E-state index in [2.05, 4.69) is 10.6 Å². The van der Waals surface area contributed by atoms with E-state index in [9.17, 15) is 24.3 Å². The van der Waals surface area contributed by atoms with E-state index in [1.807, 2.05) is 19.2 Å². The van der Waals surface area contributed by atoms with Crippen LogP contribution in [0.4, 0.5) is 0 Å². The van der Waals surface area contributed by atoms with Crippen molar-refractivity contribution in [2.45, 2.75) is 51.4 Å². The van der Waals surface area contributed by atoms with E-state index < -0.39 is 61.1 Å². The molecule has 0 saturated carbocycles. The maximum Gasteiger partial charge on any atom is 0.328 e. The Hall–Kier alpha value is -2.24. The number of carbonyl (C=O) groups excluding carboxylic acids is 3. The summed E-state index contributed by atoms with van der Waals surface area (Å²) in [5.74, 6) is -3.56. The van der Waals surface area contributed by atoms with Gasteiger partial charge in [0, 0.05) is 0 Å². The monoisotopic (exact) mass is 376 g/mol. The number of carboxylic acids is 1. The summed E-state index contributed by atoms with van der Waals surface area (Å²) in [5.41, 5.74) is 5.71. The largest absolute Gasteiger partial charge is 0.480 e. The zero-order valence-electron chi connectivity index (χ0n) is 15.1. The molecular formula is C15H28N4O7. The molecule has 0 spiro atoms. The van der Waals surface area contributed by atoms with E-state index >= 15 is 0 Å². The van der Waals surface area contributed by atoms with Crippen LogP contribution in [0.15, 0.2) is 0 Å². The van der Waals surface area contributed by atoms with Crippen LogP contribution in [0.1, 0.15) is 27.2 Å². The van der Waals surface area contributed by atoms with Gasteiger partial charge in [0.2, 0.25) is 17.7 Å². The molecule has 0 saturated heterocycles. The van der Waals surface area contributed by atoms with Gasteiger partial charge in [-0.25, -0.2) is 4.79 Å². The maximum atomic E-state index is 12.1. The van der Waals surface area contributed by atoms with Crippen molar-refractivity contribution in [3.63, 3.8) is 0 Å². The Morgan fingerprint density at radius 2 is 1.35 bits per heavy atom. The van der Waals surface area contributed by atoms with Gasteiger partial charge in [0.15, 0.2) is 0 Å². The highest BCUT2D eigenvalue weighted by molar-refractivity contribution is 5.93. The molecule has 0 aliphatic rings. The van der Waals surface area contributed by atoms with E-state index in [1.54, 1.807) is 0 Å². The van der Waals surface area contributed by atoms with Gasteiger partial charge in [0.05, 0.1) is 19.3 Å². The standard InChI is InChI=1S/C15H28N4O7/c1-7(2)4-9(16)13(23)17-8(3)12(22)18-10(5-20)14(24)19-11(6-21)15(25)26/h7-11,20-21H,4-6,16H2,1-3H3,(H,17,23)(H,18,22)(H,19,24)(H,25,26). The second kappa shape index (κ2) is 11.4. The number of aliphatic hydroxyl groups is 2. The van der Waals surface area contributed by atoms with E-state index in [0.29, 0.717) is 6.42 Å². The second-order valence-corrected chi connectivity index (χ2v) is 6.29. The number of aliphatic hydroxyl groups excluding tert-OH is 2. The number of carbonyl (C=O) groups is 4. The minimum absolute atomic E-state index is 0.191. The van der Waals surface area contributed by atoms with Gasteiger partial charge in [-0.15, -0.1) is 0 Å². The van der Waals surface area contributed by atoms with Crippen molar-refractivity contribution in [2.24, 2.45) is 11.7 Å². The minimum atomic E-state index is -1.57. The average Bonchev–Trinajstić information content (AvgIpc) is 2.55. The van der Waals surface area contributed by atoms with Gasteiger partial charge in [-0.3, -0.25) is 14.4 Å². The molecule has 4 unspecified atom stereocenters. The molecule has 0 aromatic rings. The lowest BCUT2D eigenvalue weighted by molar-refractivity contribution is -0.143. The molecule has 0 aromatic heterocycles. The van der Waals surface area contributed by atoms with Crippen LogP contribution in [0.5, 0.6) is 0 Å². The van der Waals surface area contributed by atoms with Gasteiger partial charge < -0.3 is 37.0 Å². The van der Waals surface area contributed by atoms with Crippen molar-refractivity contribution in [3.8, 4) is 0 Å². The lowest BCUT2D eigenvalue weighted by Crippen LogP contribution is -2.57. The molecule has 150 valence electrons. The Morgan fingerprint density at radius 3 is 1.77 bits per heavy atom. The number of nitrogens with two attached hydrogens (primary N) is 1. The van der Waals surface area contributed by atoms with Gasteiger partial charge in [0.1, 0.15) is 18.1 Å². The molecule has 11 heteroatoms. The molecule has 0 fully saturated rings. The van der Waals surface area contributed by atoms with Crippen LogP contribution < -0.4 is 21.7 Å². The summed E-state index contributed by atoms with van der Waals surface area (Å²) in [6.45, 7) is 3.50. The topological polar surface area (TPSA) is 191 Å². The fourth-order valence-electron chi connectivity index (χ4n) is 1.95. The number of hydrogen-bond acceptors (Lipinski definition) is 7. The fourth-order valence-corrected chi connectivity index (χ4v) is 1.95. The summed E-state index contributed by atoms with van der Waals surface area (Å²) < 4.78 is 0. The number of amides is 3. The molecule has 0 aliphatic carbocycles. The highest BCUT2D eigenvalue weighted by Crippen LogP contribution is 2.03. The zero-order valence-corrected chi connectivity index (χ0v) is 15.1. The predicted molar refractivity (Wildman–Crippen MR) is 90.7 cm³/mol. The smallest absolute Gasteiger partial charge is 0.328 e. The van der Waals surface area contributed by atoms with Crippen LogP contribution in [0.25, 0.3) is 0 Å². The Bertz CT molecular complexity index is 512. The molecule has 4 atom stereocenters. The number of aliphatic carboxylic acids is 1. The van der Waals surface area contributed by atoms with Crippen LogP contribution >= 0.6 is 0 Å². The molecule has 0 heterocycles. The van der Waals surface area contributed by atoms with Gasteiger partial charge in [0.25, 0.3) is 0 Å². The van der Waals surface area contributed by atoms with Crippen molar-refractivity contribution >= 4 is 23.7 Å². The first-order valence-corrected chi connectivity index (χ1v) is 8.14. The number of carboxylic acid groups (broad SMARTS) is 1. The second-order valence-electron chi connectivity index (χ2n) is 6.29. The maximum absolute atomic E-state index is 12.1. The van der Waals surface area contributed by atoms with Crippen LogP contribution in [-0.2, 0) is 19.2 Å². The van der Waals surface area contributed by atoms with E-state index in [0.717, 1.165) is 0 Å². The van der Waals surface area contributed by atoms with Gasteiger partial charge in [-0.2, -0.15) is 0 Å². The fraction of sp³-hybridized carbons (Fsp3) is 0.733. The molecule has 0 rings (SSSR count). The highest BCUT2D eigenvalue weighted by Gasteiger charge is 2.28. The third-order valence-corrected chi connectivity index (χ3v) is 3.43. The molecule has 26 heavy (non-hydrogen) atoms. The minimum Gasteiger partial charge on any atom is -0.480 e. The lowest BCUT2D eigenvalue weighted by Gasteiger charge is -2.22. The third kappa shape index (κ3) is 8.23. The molecule has 8 N–H and O–H groups in total.